The molecular formula is C31H50N4O3. The SMILES string of the molecule is CC[C@H](C)[C@@H]1NC(=O)C2(CCCCOCCCNC1=O)CCN(C1CCN(Cc3ccccc3)CC1)CC2. The van der Waals surface area contributed by atoms with Crippen molar-refractivity contribution >= 4 is 11.8 Å². The lowest BCUT2D eigenvalue weighted by Crippen LogP contribution is -2.57. The average molecular weight is 527 g/mol. The molecule has 0 aromatic heterocycles. The second-order valence-electron chi connectivity index (χ2n) is 11.9. The number of nitrogens with zero attached hydrogens (tertiary/aromatic N) is 2. The van der Waals surface area contributed by atoms with E-state index in [1.54, 1.807) is 0 Å². The van der Waals surface area contributed by atoms with Crippen LogP contribution in [-0.2, 0) is 20.9 Å². The van der Waals surface area contributed by atoms with Crippen LogP contribution in [0.1, 0.15) is 77.2 Å². The number of rotatable bonds is 5. The van der Waals surface area contributed by atoms with Crippen molar-refractivity contribution in [1.29, 1.82) is 0 Å². The van der Waals surface area contributed by atoms with Gasteiger partial charge in [-0.3, -0.25) is 14.5 Å². The minimum atomic E-state index is -0.472. The molecule has 212 valence electrons. The molecule has 0 radical (unpaired) electrons. The van der Waals surface area contributed by atoms with Gasteiger partial charge < -0.3 is 20.3 Å². The molecule has 2 N–H and O–H groups in total. The number of hydrogen-bond acceptors (Lipinski definition) is 5. The monoisotopic (exact) mass is 526 g/mol. The van der Waals surface area contributed by atoms with Crippen LogP contribution >= 0.6 is 0 Å². The van der Waals surface area contributed by atoms with E-state index < -0.39 is 6.04 Å². The van der Waals surface area contributed by atoms with Gasteiger partial charge >= 0.3 is 0 Å². The lowest BCUT2D eigenvalue weighted by Gasteiger charge is -2.46. The Morgan fingerprint density at radius 1 is 0.974 bits per heavy atom. The molecule has 0 saturated carbocycles. The van der Waals surface area contributed by atoms with E-state index in [4.69, 9.17) is 4.74 Å². The fourth-order valence-corrected chi connectivity index (χ4v) is 6.45. The molecule has 2 atom stereocenters. The molecular weight excluding hydrogens is 476 g/mol. The van der Waals surface area contributed by atoms with Crippen LogP contribution in [0.25, 0.3) is 0 Å². The summed E-state index contributed by atoms with van der Waals surface area (Å²) in [6.45, 7) is 11.4. The zero-order chi connectivity index (χ0) is 26.8. The minimum absolute atomic E-state index is 0.0559. The van der Waals surface area contributed by atoms with E-state index in [1.165, 1.54) is 18.4 Å². The smallest absolute Gasteiger partial charge is 0.242 e. The molecule has 7 heteroatoms. The van der Waals surface area contributed by atoms with Gasteiger partial charge in [-0.2, -0.15) is 0 Å². The normalized spacial score (nSPS) is 26.3. The Labute approximate surface area is 230 Å². The van der Waals surface area contributed by atoms with Crippen LogP contribution in [0.4, 0.5) is 0 Å². The Bertz CT molecular complexity index is 863. The van der Waals surface area contributed by atoms with Gasteiger partial charge in [-0.1, -0.05) is 57.0 Å². The van der Waals surface area contributed by atoms with Gasteiger partial charge in [-0.25, -0.2) is 0 Å². The number of benzene rings is 1. The van der Waals surface area contributed by atoms with Crippen LogP contribution in [0.3, 0.4) is 0 Å². The second kappa shape index (κ2) is 14.4. The van der Waals surface area contributed by atoms with Crippen molar-refractivity contribution in [3.8, 4) is 0 Å². The van der Waals surface area contributed by atoms with Gasteiger partial charge in [0.15, 0.2) is 0 Å². The Hall–Kier alpha value is -1.96. The summed E-state index contributed by atoms with van der Waals surface area (Å²) in [5.74, 6) is 0.134. The third-order valence-electron chi connectivity index (χ3n) is 9.30. The Kier molecular flexibility index (Phi) is 11.0. The van der Waals surface area contributed by atoms with Crippen molar-refractivity contribution in [3.05, 3.63) is 35.9 Å². The lowest BCUT2D eigenvalue weighted by atomic mass is 9.73. The second-order valence-corrected chi connectivity index (χ2v) is 11.9. The standard InChI is InChI=1S/C31H50N4O3/c1-3-25(2)28-29(36)32-17-9-23-38-22-8-7-14-31(30(37)33-28)15-20-35(21-16-31)27-12-18-34(19-13-27)24-26-10-5-4-6-11-26/h4-6,10-11,25,27-28H,3,7-9,12-24H2,1-2H3,(H,32,36)(H,33,37)/t25-,28-/m0/s1. The van der Waals surface area contributed by atoms with Gasteiger partial charge in [0.2, 0.25) is 11.8 Å². The van der Waals surface area contributed by atoms with Crippen molar-refractivity contribution in [1.82, 2.24) is 20.4 Å². The van der Waals surface area contributed by atoms with Gasteiger partial charge in [0.1, 0.15) is 6.04 Å². The molecule has 0 bridgehead atoms. The fourth-order valence-electron chi connectivity index (χ4n) is 6.45. The Morgan fingerprint density at radius 2 is 1.68 bits per heavy atom. The number of piperidine rings is 2. The minimum Gasteiger partial charge on any atom is -0.381 e. The summed E-state index contributed by atoms with van der Waals surface area (Å²) in [4.78, 5) is 32.1. The van der Waals surface area contributed by atoms with E-state index in [9.17, 15) is 9.59 Å². The van der Waals surface area contributed by atoms with E-state index in [0.717, 1.165) is 84.3 Å². The maximum absolute atomic E-state index is 13.9. The van der Waals surface area contributed by atoms with Crippen LogP contribution in [0.15, 0.2) is 30.3 Å². The van der Waals surface area contributed by atoms with E-state index in [-0.39, 0.29) is 23.1 Å². The van der Waals surface area contributed by atoms with Gasteiger partial charge in [-0.15, -0.1) is 0 Å². The van der Waals surface area contributed by atoms with Crippen molar-refractivity contribution in [2.45, 2.75) is 90.3 Å². The molecule has 7 nitrogen and oxygen atoms in total. The first-order valence-corrected chi connectivity index (χ1v) is 15.2. The summed E-state index contributed by atoms with van der Waals surface area (Å²) in [6, 6.07) is 10.9. The molecule has 3 saturated heterocycles. The van der Waals surface area contributed by atoms with Gasteiger partial charge in [0.05, 0.1) is 5.41 Å². The largest absolute Gasteiger partial charge is 0.381 e. The summed E-state index contributed by atoms with van der Waals surface area (Å²) >= 11 is 0. The number of carbonyl (C=O) groups excluding carboxylic acids is 2. The number of likely N-dealkylation sites (tertiary alicyclic amines) is 2. The molecule has 0 aliphatic carbocycles. The maximum Gasteiger partial charge on any atom is 0.242 e. The highest BCUT2D eigenvalue weighted by molar-refractivity contribution is 5.90. The van der Waals surface area contributed by atoms with Crippen LogP contribution < -0.4 is 10.6 Å². The first kappa shape index (κ1) is 29.0. The molecule has 1 aromatic rings. The lowest BCUT2D eigenvalue weighted by molar-refractivity contribution is -0.139. The number of carbonyl (C=O) groups is 2. The summed E-state index contributed by atoms with van der Waals surface area (Å²) in [5.41, 5.74) is 1.00. The van der Waals surface area contributed by atoms with Crippen molar-refractivity contribution in [2.75, 3.05) is 45.9 Å². The molecule has 0 unspecified atom stereocenters. The fraction of sp³-hybridized carbons (Fsp3) is 0.742. The van der Waals surface area contributed by atoms with E-state index >= 15 is 0 Å². The number of hydrogen-bond donors (Lipinski definition) is 2. The number of amides is 2. The average Bonchev–Trinajstić information content (AvgIpc) is 2.95. The highest BCUT2D eigenvalue weighted by atomic mass is 16.5. The highest BCUT2D eigenvalue weighted by Gasteiger charge is 2.43. The Balaban J connectivity index is 1.36. The van der Waals surface area contributed by atoms with E-state index in [1.807, 2.05) is 0 Å². The maximum atomic E-state index is 13.9. The van der Waals surface area contributed by atoms with E-state index in [0.29, 0.717) is 19.2 Å². The van der Waals surface area contributed by atoms with Crippen LogP contribution in [0.2, 0.25) is 0 Å². The van der Waals surface area contributed by atoms with Gasteiger partial charge in [0, 0.05) is 32.3 Å². The predicted molar refractivity (Wildman–Crippen MR) is 152 cm³/mol. The quantitative estimate of drug-likeness (QED) is 0.607. The third-order valence-corrected chi connectivity index (χ3v) is 9.30. The molecule has 3 aliphatic heterocycles. The molecule has 3 fully saturated rings. The molecule has 1 spiro atoms. The van der Waals surface area contributed by atoms with Crippen LogP contribution in [-0.4, -0.2) is 79.6 Å². The molecule has 3 aliphatic rings. The van der Waals surface area contributed by atoms with Crippen molar-refractivity contribution in [2.24, 2.45) is 11.3 Å². The molecule has 1 aromatic carbocycles. The molecule has 2 amide bonds. The highest BCUT2D eigenvalue weighted by Crippen LogP contribution is 2.39. The van der Waals surface area contributed by atoms with Crippen LogP contribution in [0, 0.1) is 11.3 Å². The molecule has 4 rings (SSSR count). The molecule has 38 heavy (non-hydrogen) atoms. The van der Waals surface area contributed by atoms with Gasteiger partial charge in [0.25, 0.3) is 0 Å². The summed E-state index contributed by atoms with van der Waals surface area (Å²) in [6.07, 6.45) is 8.64. The molecule has 3 heterocycles. The van der Waals surface area contributed by atoms with Crippen molar-refractivity contribution < 1.29 is 14.3 Å². The van der Waals surface area contributed by atoms with Gasteiger partial charge in [-0.05, 0) is 82.6 Å². The van der Waals surface area contributed by atoms with Crippen LogP contribution in [0.5, 0.6) is 0 Å². The Morgan fingerprint density at radius 3 is 2.39 bits per heavy atom. The van der Waals surface area contributed by atoms with E-state index in [2.05, 4.69) is 64.6 Å². The third kappa shape index (κ3) is 7.80. The summed E-state index contributed by atoms with van der Waals surface area (Å²) < 4.78 is 5.79. The zero-order valence-electron chi connectivity index (χ0n) is 23.8. The topological polar surface area (TPSA) is 73.9 Å². The first-order valence-electron chi connectivity index (χ1n) is 15.2. The summed E-state index contributed by atoms with van der Waals surface area (Å²) in [5, 5.41) is 6.28. The van der Waals surface area contributed by atoms with Crippen molar-refractivity contribution in [3.63, 3.8) is 0 Å². The predicted octanol–water partition coefficient (Wildman–Crippen LogP) is 3.97. The first-order chi connectivity index (χ1) is 18.5. The zero-order valence-corrected chi connectivity index (χ0v) is 23.8. The number of nitrogens with one attached hydrogen (secondary N) is 2. The summed E-state index contributed by atoms with van der Waals surface area (Å²) in [7, 11) is 0. The number of ether oxygens (including phenoxy) is 1.